The van der Waals surface area contributed by atoms with E-state index in [4.69, 9.17) is 33.7 Å². The zero-order chi connectivity index (χ0) is 14.9. The van der Waals surface area contributed by atoms with Gasteiger partial charge in [-0.1, -0.05) is 23.2 Å². The lowest BCUT2D eigenvalue weighted by molar-refractivity contribution is 0.316. The summed E-state index contributed by atoms with van der Waals surface area (Å²) in [6.07, 6.45) is 1.56. The number of hydrogen-bond acceptors (Lipinski definition) is 4. The van der Waals surface area contributed by atoms with Crippen LogP contribution in [0.25, 0.3) is 0 Å². The van der Waals surface area contributed by atoms with Gasteiger partial charge in [0, 0.05) is 25.2 Å². The van der Waals surface area contributed by atoms with Gasteiger partial charge in [-0.2, -0.15) is 4.31 Å². The number of ether oxygens (including phenoxy) is 1. The first-order valence-corrected chi connectivity index (χ1v) is 8.34. The average molecular weight is 339 g/mol. The summed E-state index contributed by atoms with van der Waals surface area (Å²) in [6.45, 7) is 0.734. The van der Waals surface area contributed by atoms with Crippen molar-refractivity contribution in [3.63, 3.8) is 0 Å². The molecule has 1 aromatic carbocycles. The van der Waals surface area contributed by atoms with Crippen molar-refractivity contribution in [1.29, 1.82) is 0 Å². The maximum Gasteiger partial charge on any atom is 0.244 e. The second kappa shape index (κ2) is 6.07. The first-order chi connectivity index (χ1) is 9.36. The molecule has 2 N–H and O–H groups in total. The summed E-state index contributed by atoms with van der Waals surface area (Å²) in [7, 11) is -2.25. The van der Waals surface area contributed by atoms with Crippen molar-refractivity contribution in [3.8, 4) is 5.75 Å². The van der Waals surface area contributed by atoms with Gasteiger partial charge >= 0.3 is 0 Å². The predicted octanol–water partition coefficient (Wildman–Crippen LogP) is 2.11. The number of sulfonamides is 1. The number of rotatable bonds is 3. The third kappa shape index (κ3) is 3.04. The fourth-order valence-electron chi connectivity index (χ4n) is 2.20. The minimum absolute atomic E-state index is 0.0148. The van der Waals surface area contributed by atoms with E-state index in [0.29, 0.717) is 18.8 Å². The summed E-state index contributed by atoms with van der Waals surface area (Å²) in [4.78, 5) is -0.0148. The molecule has 5 nitrogen and oxygen atoms in total. The summed E-state index contributed by atoms with van der Waals surface area (Å²) in [6, 6.07) is 2.57. The van der Waals surface area contributed by atoms with Crippen molar-refractivity contribution >= 4 is 33.2 Å². The maximum absolute atomic E-state index is 12.6. The van der Waals surface area contributed by atoms with E-state index >= 15 is 0 Å². The van der Waals surface area contributed by atoms with E-state index in [0.717, 1.165) is 12.8 Å². The van der Waals surface area contributed by atoms with Crippen LogP contribution in [0.2, 0.25) is 10.0 Å². The Labute approximate surface area is 128 Å². The van der Waals surface area contributed by atoms with E-state index in [2.05, 4.69) is 0 Å². The molecule has 1 atom stereocenters. The molecule has 1 unspecified atom stereocenters. The lowest BCUT2D eigenvalue weighted by atomic mass is 10.1. The minimum atomic E-state index is -3.69. The lowest BCUT2D eigenvalue weighted by Gasteiger charge is -2.30. The number of piperidine rings is 1. The fraction of sp³-hybridized carbons (Fsp3) is 0.500. The molecular formula is C12H16Cl2N2O3S. The quantitative estimate of drug-likeness (QED) is 0.916. The molecular weight excluding hydrogens is 323 g/mol. The van der Waals surface area contributed by atoms with E-state index in [1.807, 2.05) is 0 Å². The maximum atomic E-state index is 12.6. The first kappa shape index (κ1) is 15.9. The highest BCUT2D eigenvalue weighted by molar-refractivity contribution is 7.89. The Morgan fingerprint density at radius 1 is 1.35 bits per heavy atom. The molecule has 0 spiro atoms. The van der Waals surface area contributed by atoms with Crippen LogP contribution in [0.5, 0.6) is 5.75 Å². The number of methoxy groups -OCH3 is 1. The molecule has 0 aliphatic carbocycles. The second-order valence-corrected chi connectivity index (χ2v) is 7.40. The van der Waals surface area contributed by atoms with Crippen LogP contribution in [-0.2, 0) is 10.0 Å². The van der Waals surface area contributed by atoms with Crippen LogP contribution < -0.4 is 10.5 Å². The summed E-state index contributed by atoms with van der Waals surface area (Å²) in [5.41, 5.74) is 5.83. The van der Waals surface area contributed by atoms with Crippen molar-refractivity contribution in [3.05, 3.63) is 22.2 Å². The molecule has 1 aliphatic rings. The molecule has 112 valence electrons. The number of halogens is 2. The van der Waals surface area contributed by atoms with Crippen molar-refractivity contribution in [2.45, 2.75) is 23.8 Å². The predicted molar refractivity (Wildman–Crippen MR) is 79.0 cm³/mol. The summed E-state index contributed by atoms with van der Waals surface area (Å²) >= 11 is 12.0. The average Bonchev–Trinajstić information content (AvgIpc) is 2.40. The third-order valence-electron chi connectivity index (χ3n) is 3.24. The van der Waals surface area contributed by atoms with Crippen LogP contribution in [0.4, 0.5) is 0 Å². The fourth-order valence-corrected chi connectivity index (χ4v) is 4.55. The van der Waals surface area contributed by atoms with Gasteiger partial charge in [-0.3, -0.25) is 0 Å². The van der Waals surface area contributed by atoms with Crippen molar-refractivity contribution < 1.29 is 13.2 Å². The monoisotopic (exact) mass is 338 g/mol. The molecule has 1 aromatic rings. The van der Waals surface area contributed by atoms with E-state index in [1.165, 1.54) is 23.5 Å². The van der Waals surface area contributed by atoms with Crippen LogP contribution in [-0.4, -0.2) is 39.0 Å². The van der Waals surface area contributed by atoms with Crippen LogP contribution in [0, 0.1) is 0 Å². The highest BCUT2D eigenvalue weighted by Crippen LogP contribution is 2.35. The standard InChI is InChI=1S/C12H16Cl2N2O3S/c1-19-11-5-10(14)12(6-9(11)13)20(17,18)16-4-2-3-8(15)7-16/h5-6,8H,2-4,7,15H2,1H3. The second-order valence-electron chi connectivity index (χ2n) is 4.68. The topological polar surface area (TPSA) is 72.6 Å². The molecule has 1 fully saturated rings. The zero-order valence-electron chi connectivity index (χ0n) is 11.0. The number of hydrogen-bond donors (Lipinski definition) is 1. The molecule has 0 aromatic heterocycles. The van der Waals surface area contributed by atoms with Gasteiger partial charge in [-0.15, -0.1) is 0 Å². The van der Waals surface area contributed by atoms with Gasteiger partial charge < -0.3 is 10.5 Å². The van der Waals surface area contributed by atoms with Crippen LogP contribution in [0.15, 0.2) is 17.0 Å². The highest BCUT2D eigenvalue weighted by atomic mass is 35.5. The Morgan fingerprint density at radius 2 is 2.05 bits per heavy atom. The SMILES string of the molecule is COc1cc(Cl)c(S(=O)(=O)N2CCCC(N)C2)cc1Cl. The Hall–Kier alpha value is -0.530. The summed E-state index contributed by atoms with van der Waals surface area (Å²) < 4.78 is 31.5. The Balaban J connectivity index is 2.41. The smallest absolute Gasteiger partial charge is 0.244 e. The molecule has 1 aliphatic heterocycles. The van der Waals surface area contributed by atoms with Crippen LogP contribution >= 0.6 is 23.2 Å². The van der Waals surface area contributed by atoms with Gasteiger partial charge in [-0.05, 0) is 18.9 Å². The first-order valence-electron chi connectivity index (χ1n) is 6.15. The third-order valence-corrected chi connectivity index (χ3v) is 5.87. The summed E-state index contributed by atoms with van der Waals surface area (Å²) in [5, 5.41) is 0.294. The van der Waals surface area contributed by atoms with Crippen molar-refractivity contribution in [1.82, 2.24) is 4.31 Å². The minimum Gasteiger partial charge on any atom is -0.495 e. The molecule has 0 bridgehead atoms. The van der Waals surface area contributed by atoms with Gasteiger partial charge in [0.15, 0.2) is 0 Å². The molecule has 8 heteroatoms. The molecule has 2 rings (SSSR count). The molecule has 1 saturated heterocycles. The number of benzene rings is 1. The van der Waals surface area contributed by atoms with Crippen molar-refractivity contribution in [2.24, 2.45) is 5.73 Å². The van der Waals surface area contributed by atoms with Gasteiger partial charge in [0.05, 0.1) is 17.2 Å². The Morgan fingerprint density at radius 3 is 2.65 bits per heavy atom. The molecule has 0 amide bonds. The normalized spacial score (nSPS) is 20.9. The van der Waals surface area contributed by atoms with Crippen LogP contribution in [0.1, 0.15) is 12.8 Å². The Bertz CT molecular complexity index is 607. The van der Waals surface area contributed by atoms with Crippen molar-refractivity contribution in [2.75, 3.05) is 20.2 Å². The zero-order valence-corrected chi connectivity index (χ0v) is 13.3. The van der Waals surface area contributed by atoms with E-state index in [-0.39, 0.29) is 21.0 Å². The summed E-state index contributed by atoms with van der Waals surface area (Å²) in [5.74, 6) is 0.339. The molecule has 20 heavy (non-hydrogen) atoms. The molecule has 0 radical (unpaired) electrons. The van der Waals surface area contributed by atoms with E-state index < -0.39 is 10.0 Å². The van der Waals surface area contributed by atoms with Gasteiger partial charge in [0.25, 0.3) is 0 Å². The van der Waals surface area contributed by atoms with E-state index in [1.54, 1.807) is 0 Å². The van der Waals surface area contributed by atoms with Gasteiger partial charge in [0.1, 0.15) is 10.6 Å². The van der Waals surface area contributed by atoms with Crippen LogP contribution in [0.3, 0.4) is 0 Å². The molecule has 0 saturated carbocycles. The van der Waals surface area contributed by atoms with E-state index in [9.17, 15) is 8.42 Å². The van der Waals surface area contributed by atoms with Gasteiger partial charge in [-0.25, -0.2) is 8.42 Å². The molecule has 1 heterocycles. The number of nitrogens with zero attached hydrogens (tertiary/aromatic N) is 1. The lowest BCUT2D eigenvalue weighted by Crippen LogP contribution is -2.45. The number of nitrogens with two attached hydrogens (primary N) is 1. The Kier molecular flexibility index (Phi) is 4.81. The van der Waals surface area contributed by atoms with Gasteiger partial charge in [0.2, 0.25) is 10.0 Å². The highest BCUT2D eigenvalue weighted by Gasteiger charge is 2.31. The largest absolute Gasteiger partial charge is 0.495 e.